The Kier molecular flexibility index (Phi) is 4.60. The number of nitrogens with two attached hydrogens (primary N) is 1. The molecular formula is C16H25N3O2. The average Bonchev–Trinajstić information content (AvgIpc) is 2.63. The van der Waals surface area contributed by atoms with Crippen molar-refractivity contribution in [3.05, 3.63) is 24.3 Å². The van der Waals surface area contributed by atoms with Crippen molar-refractivity contribution >= 4 is 17.5 Å². The lowest BCUT2D eigenvalue weighted by molar-refractivity contribution is 0.0263. The summed E-state index contributed by atoms with van der Waals surface area (Å²) in [5.74, 6) is 0. The van der Waals surface area contributed by atoms with E-state index in [2.05, 4.69) is 4.90 Å². The Hall–Kier alpha value is -1.91. The molecule has 1 saturated heterocycles. The van der Waals surface area contributed by atoms with E-state index in [-0.39, 0.29) is 6.09 Å². The van der Waals surface area contributed by atoms with E-state index in [1.54, 1.807) is 4.90 Å². The lowest BCUT2D eigenvalue weighted by atomic mass is 10.2. The Labute approximate surface area is 126 Å². The summed E-state index contributed by atoms with van der Waals surface area (Å²) in [5, 5.41) is 0. The molecule has 1 amide bonds. The highest BCUT2D eigenvalue weighted by Crippen LogP contribution is 2.19. The third-order valence-electron chi connectivity index (χ3n) is 3.41. The number of benzene rings is 1. The molecule has 0 bridgehead atoms. The predicted octanol–water partition coefficient (Wildman–Crippen LogP) is 2.72. The van der Waals surface area contributed by atoms with Gasteiger partial charge >= 0.3 is 6.09 Å². The number of hydrogen-bond acceptors (Lipinski definition) is 4. The van der Waals surface area contributed by atoms with Crippen LogP contribution in [0.4, 0.5) is 16.2 Å². The molecule has 1 heterocycles. The SMILES string of the molecule is CC(C)(C)OC(=O)N1CCCN(c2ccc(N)cc2)CC1. The Morgan fingerprint density at radius 3 is 2.38 bits per heavy atom. The minimum Gasteiger partial charge on any atom is -0.444 e. The molecule has 5 nitrogen and oxygen atoms in total. The quantitative estimate of drug-likeness (QED) is 0.808. The van der Waals surface area contributed by atoms with E-state index in [4.69, 9.17) is 10.5 Å². The number of rotatable bonds is 1. The highest BCUT2D eigenvalue weighted by atomic mass is 16.6. The second-order valence-electron chi connectivity index (χ2n) is 6.40. The van der Waals surface area contributed by atoms with Gasteiger partial charge in [0.2, 0.25) is 0 Å². The molecule has 5 heteroatoms. The van der Waals surface area contributed by atoms with Crippen LogP contribution in [0.25, 0.3) is 0 Å². The Morgan fingerprint density at radius 2 is 1.76 bits per heavy atom. The summed E-state index contributed by atoms with van der Waals surface area (Å²) >= 11 is 0. The molecule has 2 rings (SSSR count). The number of carbonyl (C=O) groups is 1. The van der Waals surface area contributed by atoms with Gasteiger partial charge in [0.25, 0.3) is 0 Å². The maximum absolute atomic E-state index is 12.1. The van der Waals surface area contributed by atoms with Crippen LogP contribution in [0.2, 0.25) is 0 Å². The summed E-state index contributed by atoms with van der Waals surface area (Å²) in [7, 11) is 0. The Balaban J connectivity index is 1.95. The van der Waals surface area contributed by atoms with Crippen molar-refractivity contribution in [2.75, 3.05) is 36.8 Å². The van der Waals surface area contributed by atoms with Crippen LogP contribution in [0.1, 0.15) is 27.2 Å². The van der Waals surface area contributed by atoms with Gasteiger partial charge in [0.15, 0.2) is 0 Å². The molecule has 0 radical (unpaired) electrons. The van der Waals surface area contributed by atoms with Gasteiger partial charge in [-0.3, -0.25) is 0 Å². The van der Waals surface area contributed by atoms with Crippen LogP contribution in [0.15, 0.2) is 24.3 Å². The second kappa shape index (κ2) is 6.24. The van der Waals surface area contributed by atoms with E-state index < -0.39 is 5.60 Å². The number of anilines is 2. The molecule has 1 aromatic rings. The van der Waals surface area contributed by atoms with Gasteiger partial charge in [-0.15, -0.1) is 0 Å². The van der Waals surface area contributed by atoms with Crippen molar-refractivity contribution in [3.8, 4) is 0 Å². The van der Waals surface area contributed by atoms with Crippen LogP contribution in [-0.2, 0) is 4.74 Å². The van der Waals surface area contributed by atoms with Crippen LogP contribution in [-0.4, -0.2) is 42.8 Å². The van der Waals surface area contributed by atoms with E-state index >= 15 is 0 Å². The molecule has 0 unspecified atom stereocenters. The predicted molar refractivity (Wildman–Crippen MR) is 85.5 cm³/mol. The van der Waals surface area contributed by atoms with Gasteiger partial charge in [0, 0.05) is 37.6 Å². The van der Waals surface area contributed by atoms with E-state index in [0.29, 0.717) is 6.54 Å². The third-order valence-corrected chi connectivity index (χ3v) is 3.41. The first-order valence-corrected chi connectivity index (χ1v) is 7.43. The first-order chi connectivity index (χ1) is 9.85. The fraction of sp³-hybridized carbons (Fsp3) is 0.562. The minimum absolute atomic E-state index is 0.221. The molecule has 1 fully saturated rings. The lowest BCUT2D eigenvalue weighted by Crippen LogP contribution is -2.39. The van der Waals surface area contributed by atoms with Gasteiger partial charge < -0.3 is 20.3 Å². The topological polar surface area (TPSA) is 58.8 Å². The molecule has 0 aliphatic carbocycles. The molecule has 0 spiro atoms. The largest absolute Gasteiger partial charge is 0.444 e. The Bertz CT molecular complexity index is 479. The molecular weight excluding hydrogens is 266 g/mol. The van der Waals surface area contributed by atoms with E-state index in [1.807, 2.05) is 45.0 Å². The number of ether oxygens (including phenoxy) is 1. The van der Waals surface area contributed by atoms with Crippen LogP contribution in [0.3, 0.4) is 0 Å². The molecule has 2 N–H and O–H groups in total. The lowest BCUT2D eigenvalue weighted by Gasteiger charge is -2.27. The van der Waals surface area contributed by atoms with Crippen LogP contribution in [0, 0.1) is 0 Å². The zero-order valence-corrected chi connectivity index (χ0v) is 13.1. The monoisotopic (exact) mass is 291 g/mol. The van der Waals surface area contributed by atoms with Gasteiger partial charge in [-0.25, -0.2) is 4.79 Å². The number of amides is 1. The van der Waals surface area contributed by atoms with Crippen molar-refractivity contribution in [1.82, 2.24) is 4.90 Å². The van der Waals surface area contributed by atoms with E-state index in [1.165, 1.54) is 0 Å². The van der Waals surface area contributed by atoms with Gasteiger partial charge in [-0.2, -0.15) is 0 Å². The number of nitrogen functional groups attached to an aromatic ring is 1. The van der Waals surface area contributed by atoms with Crippen LogP contribution >= 0.6 is 0 Å². The normalized spacial score (nSPS) is 16.5. The van der Waals surface area contributed by atoms with E-state index in [9.17, 15) is 4.79 Å². The van der Waals surface area contributed by atoms with Crippen molar-refractivity contribution in [2.24, 2.45) is 0 Å². The van der Waals surface area contributed by atoms with Gasteiger partial charge in [-0.05, 0) is 51.5 Å². The maximum atomic E-state index is 12.1. The molecule has 0 saturated carbocycles. The van der Waals surface area contributed by atoms with Crippen LogP contribution < -0.4 is 10.6 Å². The standard InChI is InChI=1S/C16H25N3O2/c1-16(2,3)21-15(20)19-10-4-9-18(11-12-19)14-7-5-13(17)6-8-14/h5-8H,4,9-12,17H2,1-3H3. The molecule has 1 aromatic carbocycles. The van der Waals surface area contributed by atoms with Crippen molar-refractivity contribution in [3.63, 3.8) is 0 Å². The molecule has 0 aromatic heterocycles. The smallest absolute Gasteiger partial charge is 0.410 e. The zero-order valence-electron chi connectivity index (χ0n) is 13.1. The fourth-order valence-corrected chi connectivity index (χ4v) is 2.37. The van der Waals surface area contributed by atoms with Gasteiger partial charge in [0.05, 0.1) is 0 Å². The zero-order chi connectivity index (χ0) is 15.5. The molecule has 21 heavy (non-hydrogen) atoms. The second-order valence-corrected chi connectivity index (χ2v) is 6.40. The summed E-state index contributed by atoms with van der Waals surface area (Å²) in [4.78, 5) is 16.2. The van der Waals surface area contributed by atoms with E-state index in [0.717, 1.165) is 37.4 Å². The number of carbonyl (C=O) groups excluding carboxylic acids is 1. The van der Waals surface area contributed by atoms with Gasteiger partial charge in [-0.1, -0.05) is 0 Å². The average molecular weight is 291 g/mol. The summed E-state index contributed by atoms with van der Waals surface area (Å²) in [6.45, 7) is 8.84. The van der Waals surface area contributed by atoms with Gasteiger partial charge in [0.1, 0.15) is 5.60 Å². The summed E-state index contributed by atoms with van der Waals surface area (Å²) < 4.78 is 5.44. The maximum Gasteiger partial charge on any atom is 0.410 e. The molecule has 116 valence electrons. The van der Waals surface area contributed by atoms with Crippen molar-refractivity contribution in [2.45, 2.75) is 32.8 Å². The number of nitrogens with zero attached hydrogens (tertiary/aromatic N) is 2. The van der Waals surface area contributed by atoms with Crippen molar-refractivity contribution in [1.29, 1.82) is 0 Å². The van der Waals surface area contributed by atoms with Crippen molar-refractivity contribution < 1.29 is 9.53 Å². The third kappa shape index (κ3) is 4.55. The summed E-state index contributed by atoms with van der Waals surface area (Å²) in [6, 6.07) is 7.87. The summed E-state index contributed by atoms with van der Waals surface area (Å²) in [6.07, 6.45) is 0.713. The molecule has 1 aliphatic rings. The minimum atomic E-state index is -0.444. The molecule has 1 aliphatic heterocycles. The Morgan fingerprint density at radius 1 is 1.10 bits per heavy atom. The highest BCUT2D eigenvalue weighted by molar-refractivity contribution is 5.68. The molecule has 0 atom stereocenters. The first kappa shape index (κ1) is 15.5. The first-order valence-electron chi connectivity index (χ1n) is 7.43. The fourth-order valence-electron chi connectivity index (χ4n) is 2.37. The number of hydrogen-bond donors (Lipinski definition) is 1. The summed E-state index contributed by atoms with van der Waals surface area (Å²) in [5.41, 5.74) is 7.19. The highest BCUT2D eigenvalue weighted by Gasteiger charge is 2.24. The van der Waals surface area contributed by atoms with Crippen LogP contribution in [0.5, 0.6) is 0 Å².